The van der Waals surface area contributed by atoms with Gasteiger partial charge in [-0.15, -0.1) is 0 Å². The third-order valence-corrected chi connectivity index (χ3v) is 6.78. The monoisotopic (exact) mass is 445 g/mol. The average molecular weight is 446 g/mol. The molecule has 2 aromatic rings. The summed E-state index contributed by atoms with van der Waals surface area (Å²) in [4.78, 5) is 24.0. The zero-order chi connectivity index (χ0) is 21.1. The molecule has 4 rings (SSSR count). The van der Waals surface area contributed by atoms with E-state index in [0.29, 0.717) is 12.8 Å². The first kappa shape index (κ1) is 19.8. The lowest BCUT2D eigenvalue weighted by Crippen LogP contribution is -2.30. The van der Waals surface area contributed by atoms with E-state index in [1.54, 1.807) is 0 Å². The van der Waals surface area contributed by atoms with Gasteiger partial charge in [0.1, 0.15) is 17.9 Å². The molecule has 0 radical (unpaired) electrons. The smallest absolute Gasteiger partial charge is 0.341 e. The number of benzene rings is 1. The Morgan fingerprint density at radius 2 is 2.00 bits per heavy atom. The standard InChI is InChI=1S/C18H14ClF2NO6S/c19-12-4-10-14(5-13(12)28-6-15(20)21)29(26,27)7-8-3-11(18(24)25)17(23)22(16(8)10)9-1-2-9/h3-5,9,15H,1-2,6-7H2,(H,24,25). The summed E-state index contributed by atoms with van der Waals surface area (Å²) < 4.78 is 56.8. The number of hydrogen-bond acceptors (Lipinski definition) is 5. The van der Waals surface area contributed by atoms with Crippen LogP contribution in [0.1, 0.15) is 34.8 Å². The number of fused-ring (bicyclic) bond motifs is 3. The van der Waals surface area contributed by atoms with Gasteiger partial charge in [0, 0.05) is 17.7 Å². The van der Waals surface area contributed by atoms with Gasteiger partial charge in [-0.25, -0.2) is 22.0 Å². The Hall–Kier alpha value is -2.46. The normalized spacial score (nSPS) is 17.0. The van der Waals surface area contributed by atoms with Gasteiger partial charge in [0.15, 0.2) is 9.84 Å². The molecule has 0 amide bonds. The quantitative estimate of drug-likeness (QED) is 0.758. The van der Waals surface area contributed by atoms with Crippen LogP contribution in [0.4, 0.5) is 8.78 Å². The molecule has 11 heteroatoms. The number of nitrogens with zero attached hydrogens (tertiary/aromatic N) is 1. The Morgan fingerprint density at radius 1 is 1.31 bits per heavy atom. The molecule has 7 nitrogen and oxygen atoms in total. The van der Waals surface area contributed by atoms with Crippen molar-refractivity contribution in [3.8, 4) is 17.0 Å². The second-order valence-electron chi connectivity index (χ2n) is 6.88. The Morgan fingerprint density at radius 3 is 2.59 bits per heavy atom. The predicted octanol–water partition coefficient (Wildman–Crippen LogP) is 3.13. The maximum absolute atomic E-state index is 12.8. The molecule has 1 N–H and O–H groups in total. The number of carbonyl (C=O) groups is 1. The van der Waals surface area contributed by atoms with Crippen molar-refractivity contribution >= 4 is 27.4 Å². The molecule has 2 aliphatic rings. The van der Waals surface area contributed by atoms with Crippen molar-refractivity contribution in [2.45, 2.75) is 36.0 Å². The fourth-order valence-electron chi connectivity index (χ4n) is 3.46. The minimum absolute atomic E-state index is 0.0930. The fraction of sp³-hybridized carbons (Fsp3) is 0.333. The van der Waals surface area contributed by atoms with Gasteiger partial charge in [0.05, 0.1) is 21.4 Å². The van der Waals surface area contributed by atoms with E-state index in [1.165, 1.54) is 10.6 Å². The first-order valence-electron chi connectivity index (χ1n) is 8.59. The van der Waals surface area contributed by atoms with Crippen LogP contribution in [0.15, 0.2) is 27.9 Å². The summed E-state index contributed by atoms with van der Waals surface area (Å²) >= 11 is 6.13. The number of aromatic nitrogens is 1. The number of hydrogen-bond donors (Lipinski definition) is 1. The van der Waals surface area contributed by atoms with Crippen molar-refractivity contribution in [2.24, 2.45) is 0 Å². The Bertz CT molecular complexity index is 1200. The maximum atomic E-state index is 12.8. The number of alkyl halides is 2. The third-order valence-electron chi connectivity index (χ3n) is 4.79. The van der Waals surface area contributed by atoms with Crippen LogP contribution in [0, 0.1) is 0 Å². The van der Waals surface area contributed by atoms with Crippen LogP contribution in [-0.4, -0.2) is 37.1 Å². The summed E-state index contributed by atoms with van der Waals surface area (Å²) in [6, 6.07) is 3.17. The van der Waals surface area contributed by atoms with E-state index in [0.717, 1.165) is 12.1 Å². The molecule has 0 bridgehead atoms. The summed E-state index contributed by atoms with van der Waals surface area (Å²) in [5, 5.41) is 9.25. The molecule has 1 aromatic carbocycles. The minimum Gasteiger partial charge on any atom is -0.486 e. The van der Waals surface area contributed by atoms with E-state index < -0.39 is 45.7 Å². The van der Waals surface area contributed by atoms with Gasteiger partial charge in [-0.2, -0.15) is 0 Å². The first-order chi connectivity index (χ1) is 13.6. The maximum Gasteiger partial charge on any atom is 0.341 e. The minimum atomic E-state index is -3.95. The van der Waals surface area contributed by atoms with E-state index in [4.69, 9.17) is 16.3 Å². The van der Waals surface area contributed by atoms with Gasteiger partial charge in [-0.05, 0) is 30.5 Å². The van der Waals surface area contributed by atoms with Crippen molar-refractivity contribution in [3.05, 3.63) is 44.7 Å². The number of carboxylic acids is 1. The molecule has 1 saturated carbocycles. The fourth-order valence-corrected chi connectivity index (χ4v) is 5.24. The van der Waals surface area contributed by atoms with Crippen LogP contribution in [0.5, 0.6) is 5.75 Å². The van der Waals surface area contributed by atoms with Crippen LogP contribution in [-0.2, 0) is 15.6 Å². The summed E-state index contributed by atoms with van der Waals surface area (Å²) in [5.41, 5.74) is -0.634. The van der Waals surface area contributed by atoms with Crippen LogP contribution in [0.2, 0.25) is 5.02 Å². The second-order valence-corrected chi connectivity index (χ2v) is 9.25. The van der Waals surface area contributed by atoms with Crippen LogP contribution >= 0.6 is 11.6 Å². The van der Waals surface area contributed by atoms with E-state index >= 15 is 0 Å². The van der Waals surface area contributed by atoms with Gasteiger partial charge in [0.25, 0.3) is 12.0 Å². The van der Waals surface area contributed by atoms with Gasteiger partial charge >= 0.3 is 5.97 Å². The van der Waals surface area contributed by atoms with Gasteiger partial charge < -0.3 is 14.4 Å². The molecule has 1 fully saturated rings. The lowest BCUT2D eigenvalue weighted by atomic mass is 10.0. The number of halogens is 3. The molecule has 0 unspecified atom stereocenters. The summed E-state index contributed by atoms with van der Waals surface area (Å²) in [6.07, 6.45) is -1.46. The van der Waals surface area contributed by atoms with Gasteiger partial charge in [-0.3, -0.25) is 4.79 Å². The molecule has 2 heterocycles. The molecule has 154 valence electrons. The first-order valence-corrected chi connectivity index (χ1v) is 10.6. The second kappa shape index (κ2) is 6.81. The Labute approximate surface area is 168 Å². The third kappa shape index (κ3) is 3.40. The van der Waals surface area contributed by atoms with Crippen LogP contribution in [0.25, 0.3) is 11.3 Å². The molecular weight excluding hydrogens is 432 g/mol. The van der Waals surface area contributed by atoms with E-state index in [1.807, 2.05) is 0 Å². The highest BCUT2D eigenvalue weighted by Gasteiger charge is 2.37. The van der Waals surface area contributed by atoms with Crippen LogP contribution in [0.3, 0.4) is 0 Å². The van der Waals surface area contributed by atoms with Crippen molar-refractivity contribution in [1.29, 1.82) is 0 Å². The highest BCUT2D eigenvalue weighted by molar-refractivity contribution is 7.90. The molecule has 0 spiro atoms. The topological polar surface area (TPSA) is 103 Å². The highest BCUT2D eigenvalue weighted by Crippen LogP contribution is 2.46. The van der Waals surface area contributed by atoms with E-state index in [9.17, 15) is 31.9 Å². The van der Waals surface area contributed by atoms with Gasteiger partial charge in [-0.1, -0.05) is 11.6 Å². The van der Waals surface area contributed by atoms with Crippen molar-refractivity contribution in [1.82, 2.24) is 4.57 Å². The molecule has 1 aromatic heterocycles. The summed E-state index contributed by atoms with van der Waals surface area (Å²) in [6.45, 7) is -0.954. The number of rotatable bonds is 5. The summed E-state index contributed by atoms with van der Waals surface area (Å²) in [5.74, 6) is -2.18. The van der Waals surface area contributed by atoms with Crippen molar-refractivity contribution in [3.63, 3.8) is 0 Å². The number of sulfone groups is 1. The molecule has 1 aliphatic heterocycles. The SMILES string of the molecule is O=C(O)c1cc2c(n(C3CC3)c1=O)-c1cc(Cl)c(OCC(F)F)cc1S(=O)(=O)C2. The van der Waals surface area contributed by atoms with Crippen LogP contribution < -0.4 is 10.3 Å². The number of pyridine rings is 1. The zero-order valence-corrected chi connectivity index (χ0v) is 16.3. The van der Waals surface area contributed by atoms with E-state index in [2.05, 4.69) is 0 Å². The number of aromatic carboxylic acids is 1. The average Bonchev–Trinajstić information content (AvgIpc) is 3.44. The highest BCUT2D eigenvalue weighted by atomic mass is 35.5. The molecule has 29 heavy (non-hydrogen) atoms. The largest absolute Gasteiger partial charge is 0.486 e. The van der Waals surface area contributed by atoms with Crippen molar-refractivity contribution in [2.75, 3.05) is 6.61 Å². The molecule has 0 saturated heterocycles. The molecule has 0 atom stereocenters. The summed E-state index contributed by atoms with van der Waals surface area (Å²) in [7, 11) is -3.95. The Kier molecular flexibility index (Phi) is 4.66. The molecular formula is C18H14ClF2NO6S. The van der Waals surface area contributed by atoms with Gasteiger partial charge in [0.2, 0.25) is 0 Å². The number of ether oxygens (including phenoxy) is 1. The van der Waals surface area contributed by atoms with Crippen molar-refractivity contribution < 1.29 is 31.8 Å². The number of carboxylic acid groups (broad SMARTS) is 1. The molecule has 1 aliphatic carbocycles. The predicted molar refractivity (Wildman–Crippen MR) is 98.8 cm³/mol. The lowest BCUT2D eigenvalue weighted by molar-refractivity contribution is 0.0694. The lowest BCUT2D eigenvalue weighted by Gasteiger charge is -2.25. The Balaban J connectivity index is 1.99. The van der Waals surface area contributed by atoms with E-state index in [-0.39, 0.29) is 38.5 Å². The zero-order valence-electron chi connectivity index (χ0n) is 14.7.